The van der Waals surface area contributed by atoms with Crippen LogP contribution in [0, 0.1) is 62.1 Å². The molecule has 7 saturated heterocycles. The van der Waals surface area contributed by atoms with E-state index in [1.54, 1.807) is 12.1 Å². The largest absolute Gasteiger partial charge is 2.00 e. The van der Waals surface area contributed by atoms with Crippen LogP contribution in [0.2, 0.25) is 0 Å². The van der Waals surface area contributed by atoms with Crippen molar-refractivity contribution in [1.29, 1.82) is 0 Å². The molecule has 0 saturated carbocycles. The number of anilines is 7. The molecule has 0 aromatic heterocycles. The van der Waals surface area contributed by atoms with Crippen molar-refractivity contribution in [1.82, 2.24) is 0 Å². The van der Waals surface area contributed by atoms with Gasteiger partial charge in [0.2, 0.25) is 0 Å². The van der Waals surface area contributed by atoms with Gasteiger partial charge in [0.25, 0.3) is 0 Å². The molecule has 7 fully saturated rings. The van der Waals surface area contributed by atoms with Crippen molar-refractivity contribution in [2.75, 3.05) is 126 Å². The van der Waals surface area contributed by atoms with Gasteiger partial charge < -0.3 is 153 Å². The van der Waals surface area contributed by atoms with Gasteiger partial charge in [-0.25, -0.2) is 4.39 Å². The van der Waals surface area contributed by atoms with Crippen LogP contribution in [0.25, 0.3) is 0 Å². The fourth-order valence-corrected chi connectivity index (χ4v) is 14.2. The third-order valence-corrected chi connectivity index (χ3v) is 20.6. The maximum atomic E-state index is 12.9. The Morgan fingerprint density at radius 3 is 0.939 bits per heavy atom. The molecule has 115 heavy (non-hydrogen) atoms. The fraction of sp³-hybridized carbons (Fsp3) is 0.548. The van der Waals surface area contributed by atoms with E-state index in [1.807, 2.05) is 6.07 Å². The van der Waals surface area contributed by atoms with Crippen molar-refractivity contribution >= 4 is 201 Å². The van der Waals surface area contributed by atoms with Crippen LogP contribution in [-0.4, -0.2) is 253 Å². The zero-order chi connectivity index (χ0) is 71.8. The fourth-order valence-electron chi connectivity index (χ4n) is 14.2. The van der Waals surface area contributed by atoms with E-state index in [0.717, 1.165) is 18.8 Å². The van der Waals surface area contributed by atoms with E-state index in [9.17, 15) is 4.39 Å². The maximum Gasteiger partial charge on any atom is 2.00 e. The molecule has 7 aromatic carbocycles. The Hall–Kier alpha value is 1.79. The van der Waals surface area contributed by atoms with Crippen molar-refractivity contribution in [3.05, 3.63) is 209 Å². The van der Waals surface area contributed by atoms with Crippen molar-refractivity contribution in [3.8, 4) is 0 Å². The Kier molecular flexibility index (Phi) is 81.1. The molecule has 7 aliphatic heterocycles. The van der Waals surface area contributed by atoms with E-state index in [0.29, 0.717) is 11.8 Å². The second-order valence-corrected chi connectivity index (χ2v) is 31.9. The van der Waals surface area contributed by atoms with E-state index in [4.69, 9.17) is 0 Å². The van der Waals surface area contributed by atoms with Gasteiger partial charge in [-0.1, -0.05) is 123 Å². The monoisotopic (exact) mass is 2080 g/mol. The van der Waals surface area contributed by atoms with Gasteiger partial charge in [-0.05, 0) is 158 Å². The molecule has 7 heterocycles. The summed E-state index contributed by atoms with van der Waals surface area (Å²) in [5.41, 5.74) is 17.1. The number of benzene rings is 7. The van der Waals surface area contributed by atoms with Crippen LogP contribution in [0.15, 0.2) is 127 Å². The Bertz CT molecular complexity index is 3200. The van der Waals surface area contributed by atoms with Crippen molar-refractivity contribution < 1.29 is 123 Å². The smallest absolute Gasteiger partial charge is 1.00 e. The van der Waals surface area contributed by atoms with Gasteiger partial charge in [0.1, 0.15) is 0 Å². The molecule has 0 atom stereocenters. The molecule has 14 rings (SSSR count). The minimum atomic E-state index is -0.167. The van der Waals surface area contributed by atoms with Crippen LogP contribution in [-0.2, 0) is 10.8 Å². The van der Waals surface area contributed by atoms with Gasteiger partial charge in [-0.3, -0.25) is 0 Å². The van der Waals surface area contributed by atoms with Crippen LogP contribution in [0.3, 0.4) is 0 Å². The van der Waals surface area contributed by atoms with E-state index >= 15 is 0 Å². The molecule has 606 valence electrons. The summed E-state index contributed by atoms with van der Waals surface area (Å²) < 4.78 is 12.9. The van der Waals surface area contributed by atoms with Crippen molar-refractivity contribution in [2.45, 2.75) is 241 Å². The minimum absolute atomic E-state index is 0. The van der Waals surface area contributed by atoms with Crippen LogP contribution in [0.5, 0.6) is 0 Å². The molecule has 22 heteroatoms. The third kappa shape index (κ3) is 48.5. The van der Waals surface area contributed by atoms with Gasteiger partial charge >= 0.3 is 161 Å². The summed E-state index contributed by atoms with van der Waals surface area (Å²) in [6.07, 6.45) is 28.0. The molecule has 7 nitrogen and oxygen atoms in total. The topological polar surface area (TPSA) is 22.7 Å². The van der Waals surface area contributed by atoms with Crippen LogP contribution < -0.4 is 153 Å². The van der Waals surface area contributed by atoms with E-state index in [2.05, 4.69) is 263 Å². The number of hydrogen-bond acceptors (Lipinski definition) is 7. The minimum Gasteiger partial charge on any atom is -1.00 e. The SMILES string of the molecule is CC(C)(C)c1[c-]c(N2CCCCC2)ccc1.CC(C)(C)c1cc[c-]c(N2CCCCC2)c1.CC(C)c1[c-]c(N2CCCCC2)ccc1.CC(C)c1cc[c-]c(N2CCCCC2)c1.Cc1[c-]c(N2CCCCC2)ccc1.Cc1cc[c-]c(N2CCCCC2)c1.Fc1cc[c-]c(N2CCCCC2)c1.[Br-].[Br-].[Br-].[Br-].[Br-].[Br-].[Br-].[Mg+2].[Mg+2].[Mg+2].[Mg+2].[Mg+2].[Mg+2].[Mg+2]. The summed E-state index contributed by atoms with van der Waals surface area (Å²) in [5.74, 6) is 1.03. The molecule has 0 amide bonds. The number of halogens is 8. The second-order valence-electron chi connectivity index (χ2n) is 31.9. The number of rotatable bonds is 9. The third-order valence-electron chi connectivity index (χ3n) is 20.6. The zero-order valence-corrected chi connectivity index (χ0v) is 93.6. The van der Waals surface area contributed by atoms with Gasteiger partial charge in [0.15, 0.2) is 0 Å². The first-order valence-corrected chi connectivity index (χ1v) is 39.8. The van der Waals surface area contributed by atoms with Gasteiger partial charge in [-0.15, -0.1) is 48.5 Å². The zero-order valence-electron chi connectivity index (χ0n) is 72.6. The average Bonchev–Trinajstić information content (AvgIpc) is 0.841. The molecular formula is C93H129Br7FMg7N7. The summed E-state index contributed by atoms with van der Waals surface area (Å²) in [6.45, 7) is 43.3. The summed E-state index contributed by atoms with van der Waals surface area (Å²) >= 11 is 0. The normalized spacial score (nSPS) is 15.3. The van der Waals surface area contributed by atoms with Crippen LogP contribution in [0.4, 0.5) is 44.2 Å². The molecule has 0 radical (unpaired) electrons. The molecule has 0 spiro atoms. The molecule has 0 N–H and O–H groups in total. The van der Waals surface area contributed by atoms with Gasteiger partial charge in [0.05, 0.1) is 0 Å². The number of hydrogen-bond donors (Lipinski definition) is 0. The number of aryl methyl sites for hydroxylation is 2. The standard InChI is InChI=1S/2C15H22N.2C14H20N.2C12H16N.C11H13FN.7BrH.7Mg/c2*1-15(2,3)13-8-7-9-14(12-13)16-10-5-4-6-11-16;2*1-12(2)13-7-6-8-14(11-13)15-9-4-3-5-10-15;2*1-11-6-5-7-12(10-11)13-8-3-2-4-9-13;12-10-5-4-6-11(9-10)13-7-2-1-3-8-13;;;;;;;;;;;;;;/h7-8,12H,4-6,10-11H2,1-3H3;7-9H,4-6,10-11H2,1-3H3;6-7,11-12H,3-5,9-10H2,1-2H3;6-8,12H,3-5,9-10H2,1-2H3;5-6,10H,2-4,8-9H2,1H3;5-7H,2-4,8-9H2,1H3;4-5,9H,1-3,7-8H2;7*1H;;;;;;;/q7*-1;;;;;;;;7*+2/p-7. The van der Waals surface area contributed by atoms with Gasteiger partial charge in [-0.2, -0.15) is 155 Å². The Labute approximate surface area is 887 Å². The summed E-state index contributed by atoms with van der Waals surface area (Å²) in [4.78, 5) is 17.0. The first kappa shape index (κ1) is 130. The number of piperidine rings is 7. The summed E-state index contributed by atoms with van der Waals surface area (Å²) in [7, 11) is 0. The van der Waals surface area contributed by atoms with E-state index in [1.165, 1.54) is 287 Å². The van der Waals surface area contributed by atoms with Crippen LogP contribution in [0.1, 0.15) is 249 Å². The molecule has 7 aromatic rings. The second kappa shape index (κ2) is 71.8. The first-order chi connectivity index (χ1) is 48.8. The van der Waals surface area contributed by atoms with Gasteiger partial charge in [0, 0.05) is 97.4 Å². The molecule has 0 aliphatic carbocycles. The Morgan fingerprint density at radius 1 is 0.296 bits per heavy atom. The quantitative estimate of drug-likeness (QED) is 0.140. The first-order valence-electron chi connectivity index (χ1n) is 39.8. The molecular weight excluding hydrogens is 1960 g/mol. The van der Waals surface area contributed by atoms with Crippen molar-refractivity contribution in [2.24, 2.45) is 0 Å². The van der Waals surface area contributed by atoms with E-state index in [-0.39, 0.29) is 297 Å². The number of nitrogens with zero attached hydrogens (tertiary/aromatic N) is 7. The Balaban J connectivity index is -0.000000232. The maximum absolute atomic E-state index is 12.9. The van der Waals surface area contributed by atoms with E-state index < -0.39 is 0 Å². The summed E-state index contributed by atoms with van der Waals surface area (Å²) in [5, 5.41) is 0. The average molecular weight is 2090 g/mol. The predicted molar refractivity (Wildman–Crippen MR) is 475 cm³/mol. The molecule has 7 aliphatic rings. The van der Waals surface area contributed by atoms with Crippen molar-refractivity contribution in [3.63, 3.8) is 0 Å². The molecule has 0 unspecified atom stereocenters. The van der Waals surface area contributed by atoms with Crippen LogP contribution >= 0.6 is 0 Å². The molecule has 0 bridgehead atoms. The Morgan fingerprint density at radius 2 is 0.600 bits per heavy atom. The summed E-state index contributed by atoms with van der Waals surface area (Å²) in [6, 6.07) is 67.2. The predicted octanol–water partition coefficient (Wildman–Crippen LogP) is -0.700.